The summed E-state index contributed by atoms with van der Waals surface area (Å²) in [6.07, 6.45) is 5.41. The Balaban J connectivity index is 1.88. The van der Waals surface area contributed by atoms with Crippen LogP contribution in [0.15, 0.2) is 29.2 Å². The van der Waals surface area contributed by atoms with Gasteiger partial charge in [-0.3, -0.25) is 4.79 Å². The van der Waals surface area contributed by atoms with Gasteiger partial charge in [0.25, 0.3) is 0 Å². The Kier molecular flexibility index (Phi) is 4.37. The largest absolute Gasteiger partial charge is 0.369 e. The highest BCUT2D eigenvalue weighted by molar-refractivity contribution is 7.99. The molecule has 2 fully saturated rings. The summed E-state index contributed by atoms with van der Waals surface area (Å²) in [4.78, 5) is 13.0. The number of hydrogen-bond donors (Lipinski definition) is 1. The molecule has 1 aromatic carbocycles. The molecular formula is C18H21FN2OS. The fourth-order valence-corrected chi connectivity index (χ4v) is 5.50. The van der Waals surface area contributed by atoms with Gasteiger partial charge in [-0.1, -0.05) is 12.8 Å². The van der Waals surface area contributed by atoms with E-state index in [2.05, 4.69) is 6.07 Å². The standard InChI is InChI=1S/C18H21FN2OS/c19-13-4-6-14(7-5-13)23-12-18(17(11-20)9-10-17)8-2-1-3-15(18)16(21)22/h4-7,15H,1-3,8-10,12H2,(H2,21,22). The fourth-order valence-electron chi connectivity index (χ4n) is 4.13. The summed E-state index contributed by atoms with van der Waals surface area (Å²) in [6, 6.07) is 8.90. The van der Waals surface area contributed by atoms with Crippen LogP contribution in [-0.4, -0.2) is 11.7 Å². The molecular weight excluding hydrogens is 311 g/mol. The van der Waals surface area contributed by atoms with Crippen molar-refractivity contribution in [1.29, 1.82) is 5.26 Å². The van der Waals surface area contributed by atoms with E-state index in [1.165, 1.54) is 12.1 Å². The van der Waals surface area contributed by atoms with E-state index >= 15 is 0 Å². The SMILES string of the molecule is N#CC1(C2(CSc3ccc(F)cc3)CCCCC2C(N)=O)CC1. The van der Waals surface area contributed by atoms with Gasteiger partial charge in [-0.25, -0.2) is 4.39 Å². The molecule has 23 heavy (non-hydrogen) atoms. The summed E-state index contributed by atoms with van der Waals surface area (Å²) < 4.78 is 13.1. The number of benzene rings is 1. The molecule has 3 nitrogen and oxygen atoms in total. The van der Waals surface area contributed by atoms with E-state index in [0.29, 0.717) is 5.75 Å². The maximum absolute atomic E-state index is 13.1. The molecule has 0 heterocycles. The Morgan fingerprint density at radius 2 is 2.00 bits per heavy atom. The van der Waals surface area contributed by atoms with E-state index in [4.69, 9.17) is 5.73 Å². The number of rotatable bonds is 5. The lowest BCUT2D eigenvalue weighted by Crippen LogP contribution is -2.49. The summed E-state index contributed by atoms with van der Waals surface area (Å²) in [7, 11) is 0. The van der Waals surface area contributed by atoms with Gasteiger partial charge in [0.05, 0.1) is 11.5 Å². The quantitative estimate of drug-likeness (QED) is 0.832. The number of thioether (sulfide) groups is 1. The van der Waals surface area contributed by atoms with Crippen molar-refractivity contribution in [2.24, 2.45) is 22.5 Å². The van der Waals surface area contributed by atoms with Crippen molar-refractivity contribution >= 4 is 17.7 Å². The topological polar surface area (TPSA) is 66.9 Å². The van der Waals surface area contributed by atoms with Crippen LogP contribution in [0, 0.1) is 33.9 Å². The van der Waals surface area contributed by atoms with Crippen LogP contribution in [0.1, 0.15) is 38.5 Å². The third kappa shape index (κ3) is 2.85. The van der Waals surface area contributed by atoms with Gasteiger partial charge >= 0.3 is 0 Å². The van der Waals surface area contributed by atoms with Crippen molar-refractivity contribution < 1.29 is 9.18 Å². The molecule has 3 rings (SSSR count). The molecule has 0 aliphatic heterocycles. The molecule has 5 heteroatoms. The van der Waals surface area contributed by atoms with E-state index in [-0.39, 0.29) is 23.1 Å². The molecule has 1 amide bonds. The fraction of sp³-hybridized carbons (Fsp3) is 0.556. The Hall–Kier alpha value is -1.54. The number of carbonyl (C=O) groups is 1. The summed E-state index contributed by atoms with van der Waals surface area (Å²) in [5.74, 6) is -0.0653. The average Bonchev–Trinajstić information content (AvgIpc) is 3.36. The molecule has 2 aliphatic carbocycles. The van der Waals surface area contributed by atoms with Crippen molar-refractivity contribution in [3.8, 4) is 6.07 Å². The van der Waals surface area contributed by atoms with Crippen molar-refractivity contribution in [1.82, 2.24) is 0 Å². The van der Waals surface area contributed by atoms with Crippen LogP contribution in [-0.2, 0) is 4.79 Å². The van der Waals surface area contributed by atoms with Crippen LogP contribution in [0.2, 0.25) is 0 Å². The first kappa shape index (κ1) is 16.3. The first-order valence-corrected chi connectivity index (χ1v) is 9.10. The van der Waals surface area contributed by atoms with Crippen LogP contribution >= 0.6 is 11.8 Å². The first-order chi connectivity index (χ1) is 11.0. The molecule has 2 unspecified atom stereocenters. The molecule has 0 spiro atoms. The minimum Gasteiger partial charge on any atom is -0.369 e. The highest BCUT2D eigenvalue weighted by atomic mass is 32.2. The van der Waals surface area contributed by atoms with Crippen molar-refractivity contribution in [2.45, 2.75) is 43.4 Å². The smallest absolute Gasteiger partial charge is 0.221 e. The van der Waals surface area contributed by atoms with Crippen LogP contribution in [0.25, 0.3) is 0 Å². The minimum absolute atomic E-state index is 0.230. The molecule has 2 aliphatic rings. The zero-order valence-corrected chi connectivity index (χ0v) is 13.9. The first-order valence-electron chi connectivity index (χ1n) is 8.12. The Labute approximate surface area is 140 Å². The van der Waals surface area contributed by atoms with E-state index in [9.17, 15) is 14.4 Å². The molecule has 1 aromatic rings. The number of carbonyl (C=O) groups excluding carboxylic acids is 1. The average molecular weight is 332 g/mol. The number of primary amides is 1. The highest BCUT2D eigenvalue weighted by Gasteiger charge is 2.64. The lowest BCUT2D eigenvalue weighted by molar-refractivity contribution is -0.129. The van der Waals surface area contributed by atoms with Crippen molar-refractivity contribution in [3.63, 3.8) is 0 Å². The van der Waals surface area contributed by atoms with Gasteiger partial charge in [0.1, 0.15) is 5.82 Å². The van der Waals surface area contributed by atoms with E-state index in [1.54, 1.807) is 23.9 Å². The van der Waals surface area contributed by atoms with Gasteiger partial charge in [-0.2, -0.15) is 5.26 Å². The minimum atomic E-state index is -0.403. The summed E-state index contributed by atoms with van der Waals surface area (Å²) in [6.45, 7) is 0. The second-order valence-corrected chi connectivity index (χ2v) is 7.84. The van der Waals surface area contributed by atoms with Crippen LogP contribution < -0.4 is 5.73 Å². The molecule has 122 valence electrons. The Morgan fingerprint density at radius 3 is 2.57 bits per heavy atom. The number of amides is 1. The Morgan fingerprint density at radius 1 is 1.30 bits per heavy atom. The molecule has 0 bridgehead atoms. The van der Waals surface area contributed by atoms with E-state index < -0.39 is 5.41 Å². The molecule has 0 saturated heterocycles. The summed E-state index contributed by atoms with van der Waals surface area (Å²) >= 11 is 1.61. The van der Waals surface area contributed by atoms with Crippen molar-refractivity contribution in [3.05, 3.63) is 30.1 Å². The van der Waals surface area contributed by atoms with Gasteiger partial charge < -0.3 is 5.73 Å². The van der Waals surface area contributed by atoms with Crippen LogP contribution in [0.3, 0.4) is 0 Å². The third-order valence-corrected chi connectivity index (χ3v) is 6.87. The number of halogens is 1. The van der Waals surface area contributed by atoms with Gasteiger partial charge in [0.15, 0.2) is 0 Å². The number of nitriles is 1. The van der Waals surface area contributed by atoms with E-state index in [0.717, 1.165) is 43.4 Å². The van der Waals surface area contributed by atoms with Gasteiger partial charge in [0, 0.05) is 22.0 Å². The summed E-state index contributed by atoms with van der Waals surface area (Å²) in [5.41, 5.74) is 4.96. The molecule has 0 radical (unpaired) electrons. The number of nitrogens with zero attached hydrogens (tertiary/aromatic N) is 1. The summed E-state index contributed by atoms with van der Waals surface area (Å²) in [5, 5.41) is 9.75. The zero-order valence-electron chi connectivity index (χ0n) is 13.1. The second kappa shape index (κ2) is 6.16. The number of nitrogens with two attached hydrogens (primary N) is 1. The van der Waals surface area contributed by atoms with Crippen molar-refractivity contribution in [2.75, 3.05) is 5.75 Å². The zero-order chi connectivity index (χ0) is 16.5. The molecule has 2 N–H and O–H groups in total. The maximum Gasteiger partial charge on any atom is 0.221 e. The highest BCUT2D eigenvalue weighted by Crippen LogP contribution is 2.66. The van der Waals surface area contributed by atoms with Gasteiger partial charge in [0.2, 0.25) is 5.91 Å². The van der Waals surface area contributed by atoms with Crippen LogP contribution in [0.4, 0.5) is 4.39 Å². The van der Waals surface area contributed by atoms with E-state index in [1.807, 2.05) is 0 Å². The normalized spacial score (nSPS) is 28.8. The predicted molar refractivity (Wildman–Crippen MR) is 88.0 cm³/mol. The second-order valence-electron chi connectivity index (χ2n) is 6.79. The lowest BCUT2D eigenvalue weighted by Gasteiger charge is -2.46. The van der Waals surface area contributed by atoms with Gasteiger partial charge in [-0.15, -0.1) is 11.8 Å². The maximum atomic E-state index is 13.1. The van der Waals surface area contributed by atoms with Crippen LogP contribution in [0.5, 0.6) is 0 Å². The van der Waals surface area contributed by atoms with Gasteiger partial charge in [-0.05, 0) is 49.9 Å². The number of hydrogen-bond acceptors (Lipinski definition) is 3. The molecule has 2 atom stereocenters. The third-order valence-electron chi connectivity index (χ3n) is 5.60. The predicted octanol–water partition coefficient (Wildman–Crippen LogP) is 3.88. The monoisotopic (exact) mass is 332 g/mol. The molecule has 0 aromatic heterocycles. The lowest BCUT2D eigenvalue weighted by atomic mass is 9.59. The molecule has 2 saturated carbocycles. The Bertz CT molecular complexity index is 635.